The van der Waals surface area contributed by atoms with E-state index in [1.165, 1.54) is 6.92 Å². The maximum absolute atomic E-state index is 13.5. The van der Waals surface area contributed by atoms with Crippen LogP contribution in [0.1, 0.15) is 93.9 Å². The zero-order valence-corrected chi connectivity index (χ0v) is 25.0. The Morgan fingerprint density at radius 1 is 1.03 bits per heavy atom. The molecule has 0 amide bonds. The maximum Gasteiger partial charge on any atom is 0.311 e. The number of carbonyl (C=O) groups excluding carboxylic acids is 1. The van der Waals surface area contributed by atoms with Crippen LogP contribution < -0.4 is 0 Å². The van der Waals surface area contributed by atoms with E-state index in [1.807, 2.05) is 27.7 Å². The maximum atomic E-state index is 13.5. The van der Waals surface area contributed by atoms with Gasteiger partial charge < -0.3 is 29.5 Å². The second kappa shape index (κ2) is 12.6. The molecule has 1 aliphatic heterocycles. The van der Waals surface area contributed by atoms with Crippen LogP contribution >= 0.6 is 0 Å². The molecule has 218 valence electrons. The van der Waals surface area contributed by atoms with Crippen LogP contribution in [0.25, 0.3) is 0 Å². The van der Waals surface area contributed by atoms with Crippen molar-refractivity contribution >= 4 is 5.97 Å². The Labute approximate surface area is 225 Å². The van der Waals surface area contributed by atoms with E-state index in [2.05, 4.69) is 13.8 Å². The summed E-state index contributed by atoms with van der Waals surface area (Å²) in [6.45, 7) is 15.8. The standard InChI is InChI=1S/C29H55NO7/c1-11-23-29(8,34)26(32)30(9)17-19(3)13-27(6,33)15-20(4)24(21(5)25(31)37-23)36-22-12-18(2)14-28(7,16-22)35-10/h18-24,26,32-34H,11-17H2,1-10H3/t18?,19-,20-,21?,22-,23-,24+,26?,27-,28+,29-/m1/s1. The van der Waals surface area contributed by atoms with Crippen molar-refractivity contribution in [2.75, 3.05) is 20.7 Å². The molecular weight excluding hydrogens is 474 g/mol. The predicted octanol–water partition coefficient (Wildman–Crippen LogP) is 3.74. The lowest BCUT2D eigenvalue weighted by Crippen LogP contribution is -2.58. The van der Waals surface area contributed by atoms with E-state index >= 15 is 0 Å². The molecule has 1 saturated carbocycles. The van der Waals surface area contributed by atoms with Crippen molar-refractivity contribution in [2.24, 2.45) is 23.7 Å². The first-order chi connectivity index (χ1) is 16.9. The van der Waals surface area contributed by atoms with Crippen molar-refractivity contribution < 1.29 is 34.3 Å². The van der Waals surface area contributed by atoms with Gasteiger partial charge in [-0.05, 0) is 84.6 Å². The lowest BCUT2D eigenvalue weighted by Gasteiger charge is -2.44. The van der Waals surface area contributed by atoms with Gasteiger partial charge in [0, 0.05) is 20.1 Å². The number of cyclic esters (lactones) is 1. The Kier molecular flexibility index (Phi) is 11.1. The van der Waals surface area contributed by atoms with Gasteiger partial charge in [-0.25, -0.2) is 0 Å². The molecule has 0 spiro atoms. The van der Waals surface area contributed by atoms with E-state index in [9.17, 15) is 20.1 Å². The number of likely N-dealkylation sites (N-methyl/N-ethyl adjacent to an activating group) is 1. The normalized spacial score (nSPS) is 47.8. The van der Waals surface area contributed by atoms with Crippen molar-refractivity contribution in [3.63, 3.8) is 0 Å². The van der Waals surface area contributed by atoms with Crippen LogP contribution in [0.3, 0.4) is 0 Å². The molecule has 2 fully saturated rings. The smallest absolute Gasteiger partial charge is 0.311 e. The van der Waals surface area contributed by atoms with Crippen LogP contribution in [-0.4, -0.2) is 88.2 Å². The molecule has 3 unspecified atom stereocenters. The number of aliphatic hydroxyl groups excluding tert-OH is 1. The first kappa shape index (κ1) is 32.4. The number of carbonyl (C=O) groups is 1. The summed E-state index contributed by atoms with van der Waals surface area (Å²) >= 11 is 0. The quantitative estimate of drug-likeness (QED) is 0.473. The molecule has 11 atom stereocenters. The third kappa shape index (κ3) is 8.36. The zero-order valence-electron chi connectivity index (χ0n) is 25.0. The molecule has 1 saturated heterocycles. The van der Waals surface area contributed by atoms with Crippen molar-refractivity contribution in [2.45, 2.75) is 135 Å². The van der Waals surface area contributed by atoms with Gasteiger partial charge in [0.15, 0.2) is 0 Å². The molecule has 0 aromatic rings. The third-order valence-corrected chi connectivity index (χ3v) is 8.74. The molecule has 1 aliphatic carbocycles. The third-order valence-electron chi connectivity index (χ3n) is 8.74. The number of ether oxygens (including phenoxy) is 3. The average Bonchev–Trinajstić information content (AvgIpc) is 2.77. The molecule has 1 heterocycles. The Balaban J connectivity index is 2.42. The number of methoxy groups -OCH3 is 1. The van der Waals surface area contributed by atoms with E-state index in [0.29, 0.717) is 31.7 Å². The van der Waals surface area contributed by atoms with Gasteiger partial charge in [0.1, 0.15) is 17.9 Å². The van der Waals surface area contributed by atoms with Gasteiger partial charge in [-0.3, -0.25) is 9.69 Å². The lowest BCUT2D eigenvalue weighted by molar-refractivity contribution is -0.211. The van der Waals surface area contributed by atoms with Crippen molar-refractivity contribution in [3.8, 4) is 0 Å². The van der Waals surface area contributed by atoms with Crippen LogP contribution in [0.2, 0.25) is 0 Å². The fourth-order valence-corrected chi connectivity index (χ4v) is 7.06. The zero-order chi connectivity index (χ0) is 28.3. The van der Waals surface area contributed by atoms with Crippen LogP contribution in [-0.2, 0) is 19.0 Å². The van der Waals surface area contributed by atoms with Gasteiger partial charge in [-0.2, -0.15) is 0 Å². The Hall–Kier alpha value is -0.770. The highest BCUT2D eigenvalue weighted by molar-refractivity contribution is 5.73. The molecule has 8 nitrogen and oxygen atoms in total. The topological polar surface area (TPSA) is 109 Å². The summed E-state index contributed by atoms with van der Waals surface area (Å²) in [5.74, 6) is -0.745. The van der Waals surface area contributed by atoms with Crippen LogP contribution in [0.4, 0.5) is 0 Å². The highest BCUT2D eigenvalue weighted by Crippen LogP contribution is 2.39. The Morgan fingerprint density at radius 3 is 2.22 bits per heavy atom. The molecule has 0 bridgehead atoms. The lowest BCUT2D eigenvalue weighted by atomic mass is 9.77. The summed E-state index contributed by atoms with van der Waals surface area (Å²) in [5.41, 5.74) is -2.95. The largest absolute Gasteiger partial charge is 0.459 e. The highest BCUT2D eigenvalue weighted by Gasteiger charge is 2.46. The molecular formula is C29H55NO7. The summed E-state index contributed by atoms with van der Waals surface area (Å²) in [6, 6.07) is 0. The summed E-state index contributed by atoms with van der Waals surface area (Å²) < 4.78 is 18.4. The first-order valence-corrected chi connectivity index (χ1v) is 14.2. The monoisotopic (exact) mass is 529 g/mol. The molecule has 0 radical (unpaired) electrons. The van der Waals surface area contributed by atoms with Crippen molar-refractivity contribution in [3.05, 3.63) is 0 Å². The van der Waals surface area contributed by atoms with Gasteiger partial charge in [-0.15, -0.1) is 0 Å². The number of rotatable bonds is 4. The molecule has 2 aliphatic rings. The summed E-state index contributed by atoms with van der Waals surface area (Å²) in [5, 5.41) is 33.7. The fourth-order valence-electron chi connectivity index (χ4n) is 7.06. The molecule has 2 rings (SSSR count). The first-order valence-electron chi connectivity index (χ1n) is 14.2. The summed E-state index contributed by atoms with van der Waals surface area (Å²) in [6.07, 6.45) is 1.21. The predicted molar refractivity (Wildman–Crippen MR) is 144 cm³/mol. The van der Waals surface area contributed by atoms with Crippen LogP contribution in [0, 0.1) is 23.7 Å². The number of esters is 1. The van der Waals surface area contributed by atoms with Gasteiger partial charge in [-0.1, -0.05) is 27.7 Å². The van der Waals surface area contributed by atoms with Crippen LogP contribution in [0.15, 0.2) is 0 Å². The SMILES string of the molecule is CC[C@H]1OC(=O)C(C)[C@@H](O[C@@H]2CC(C)C[C@](C)(OC)C2)[C@H](C)C[C@](C)(O)C[C@@H](C)CN(C)C(O)[C@]1(C)O. The second-order valence-electron chi connectivity index (χ2n) is 13.3. The minimum absolute atomic E-state index is 0.0571. The van der Waals surface area contributed by atoms with E-state index in [4.69, 9.17) is 14.2 Å². The molecule has 3 N–H and O–H groups in total. The van der Waals surface area contributed by atoms with Crippen molar-refractivity contribution in [1.82, 2.24) is 4.90 Å². The Morgan fingerprint density at radius 2 is 1.65 bits per heavy atom. The van der Waals surface area contributed by atoms with E-state index < -0.39 is 41.5 Å². The number of aliphatic hydroxyl groups is 3. The molecule has 37 heavy (non-hydrogen) atoms. The van der Waals surface area contributed by atoms with Gasteiger partial charge in [0.25, 0.3) is 0 Å². The highest BCUT2D eigenvalue weighted by atomic mass is 16.6. The fraction of sp³-hybridized carbons (Fsp3) is 0.966. The van der Waals surface area contributed by atoms with Gasteiger partial charge in [0.2, 0.25) is 0 Å². The minimum atomic E-state index is -1.67. The van der Waals surface area contributed by atoms with Crippen LogP contribution in [0.5, 0.6) is 0 Å². The average molecular weight is 530 g/mol. The Bertz CT molecular complexity index is 744. The van der Waals surface area contributed by atoms with E-state index in [0.717, 1.165) is 19.3 Å². The van der Waals surface area contributed by atoms with E-state index in [1.54, 1.807) is 26.0 Å². The molecule has 0 aromatic carbocycles. The van der Waals surface area contributed by atoms with Gasteiger partial charge in [0.05, 0.1) is 29.3 Å². The molecule has 8 heteroatoms. The number of hydrogen-bond acceptors (Lipinski definition) is 8. The van der Waals surface area contributed by atoms with Gasteiger partial charge >= 0.3 is 5.97 Å². The minimum Gasteiger partial charge on any atom is -0.459 e. The summed E-state index contributed by atoms with van der Waals surface area (Å²) in [7, 11) is 3.47. The molecule has 0 aromatic heterocycles. The summed E-state index contributed by atoms with van der Waals surface area (Å²) in [4.78, 5) is 15.2. The number of hydrogen-bond donors (Lipinski definition) is 3. The second-order valence-corrected chi connectivity index (χ2v) is 13.3. The van der Waals surface area contributed by atoms with E-state index in [-0.39, 0.29) is 23.5 Å². The van der Waals surface area contributed by atoms with Crippen molar-refractivity contribution in [1.29, 1.82) is 0 Å². The number of nitrogens with zero attached hydrogens (tertiary/aromatic N) is 1.